The highest BCUT2D eigenvalue weighted by atomic mass is 32.2. The Kier molecular flexibility index (Phi) is 7.22. The number of amides is 2. The predicted molar refractivity (Wildman–Crippen MR) is 127 cm³/mol. The maximum absolute atomic E-state index is 13.1. The number of hydrogen-bond acceptors (Lipinski definition) is 5. The molecule has 3 aromatic rings. The smallest absolute Gasteiger partial charge is 0.252 e. The second kappa shape index (κ2) is 10.3. The number of sulfonamides is 1. The van der Waals surface area contributed by atoms with E-state index in [4.69, 9.17) is 0 Å². The molecule has 1 N–H and O–H groups in total. The SMILES string of the molecule is O=C(NC(CC(=O)N1CCN(S(=O)(=O)c2cccs2)CC1)c1ccccc1)c1ccccc1. The molecule has 2 aromatic carbocycles. The number of benzene rings is 2. The van der Waals surface area contributed by atoms with Crippen molar-refractivity contribution < 1.29 is 18.0 Å². The quantitative estimate of drug-likeness (QED) is 0.559. The lowest BCUT2D eigenvalue weighted by Crippen LogP contribution is -2.51. The predicted octanol–water partition coefficient (Wildman–Crippen LogP) is 3.14. The molecule has 172 valence electrons. The van der Waals surface area contributed by atoms with Crippen molar-refractivity contribution in [3.63, 3.8) is 0 Å². The second-order valence-electron chi connectivity index (χ2n) is 7.72. The number of carbonyl (C=O) groups is 2. The zero-order chi connectivity index (χ0) is 23.3. The Morgan fingerprint density at radius 1 is 0.879 bits per heavy atom. The minimum atomic E-state index is -3.52. The first-order chi connectivity index (χ1) is 15.9. The van der Waals surface area contributed by atoms with E-state index in [9.17, 15) is 18.0 Å². The van der Waals surface area contributed by atoms with E-state index in [1.54, 1.807) is 46.7 Å². The molecule has 2 heterocycles. The molecule has 0 spiro atoms. The Labute approximate surface area is 197 Å². The fourth-order valence-electron chi connectivity index (χ4n) is 3.79. The topological polar surface area (TPSA) is 86.8 Å². The van der Waals surface area contributed by atoms with Crippen LogP contribution >= 0.6 is 11.3 Å². The molecule has 1 aliphatic heterocycles. The Balaban J connectivity index is 1.42. The van der Waals surface area contributed by atoms with Gasteiger partial charge in [-0.05, 0) is 29.1 Å². The van der Waals surface area contributed by atoms with E-state index in [-0.39, 0.29) is 31.3 Å². The number of thiophene rings is 1. The molecule has 1 saturated heterocycles. The van der Waals surface area contributed by atoms with E-state index in [0.29, 0.717) is 22.9 Å². The maximum atomic E-state index is 13.1. The molecule has 2 amide bonds. The highest BCUT2D eigenvalue weighted by molar-refractivity contribution is 7.91. The first-order valence-electron chi connectivity index (χ1n) is 10.7. The van der Waals surface area contributed by atoms with Gasteiger partial charge in [0.25, 0.3) is 15.9 Å². The van der Waals surface area contributed by atoms with Gasteiger partial charge < -0.3 is 10.2 Å². The van der Waals surface area contributed by atoms with Gasteiger partial charge in [-0.15, -0.1) is 11.3 Å². The molecular formula is C24H25N3O4S2. The van der Waals surface area contributed by atoms with Gasteiger partial charge in [0.15, 0.2) is 0 Å². The summed E-state index contributed by atoms with van der Waals surface area (Å²) < 4.78 is 27.2. The molecule has 4 rings (SSSR count). The summed E-state index contributed by atoms with van der Waals surface area (Å²) in [4.78, 5) is 27.5. The second-order valence-corrected chi connectivity index (χ2v) is 10.8. The fraction of sp³-hybridized carbons (Fsp3) is 0.250. The van der Waals surface area contributed by atoms with Crippen LogP contribution in [0.5, 0.6) is 0 Å². The Morgan fingerprint density at radius 3 is 2.12 bits per heavy atom. The molecule has 7 nitrogen and oxygen atoms in total. The molecule has 1 atom stereocenters. The van der Waals surface area contributed by atoms with Crippen molar-refractivity contribution in [3.05, 3.63) is 89.3 Å². The third-order valence-corrected chi connectivity index (χ3v) is 8.87. The van der Waals surface area contributed by atoms with E-state index in [1.807, 2.05) is 36.4 Å². The van der Waals surface area contributed by atoms with Crippen molar-refractivity contribution in [1.82, 2.24) is 14.5 Å². The van der Waals surface area contributed by atoms with Crippen molar-refractivity contribution in [2.24, 2.45) is 0 Å². The van der Waals surface area contributed by atoms with E-state index in [1.165, 1.54) is 15.6 Å². The van der Waals surface area contributed by atoms with Crippen LogP contribution in [0.4, 0.5) is 0 Å². The molecule has 9 heteroatoms. The van der Waals surface area contributed by atoms with Gasteiger partial charge in [-0.3, -0.25) is 9.59 Å². The molecule has 1 aromatic heterocycles. The van der Waals surface area contributed by atoms with Gasteiger partial charge in [-0.25, -0.2) is 8.42 Å². The molecular weight excluding hydrogens is 458 g/mol. The summed E-state index contributed by atoms with van der Waals surface area (Å²) in [5, 5.41) is 4.72. The van der Waals surface area contributed by atoms with Crippen molar-refractivity contribution in [2.45, 2.75) is 16.7 Å². The maximum Gasteiger partial charge on any atom is 0.252 e. The van der Waals surface area contributed by atoms with Crippen LogP contribution in [0.15, 0.2) is 82.4 Å². The van der Waals surface area contributed by atoms with E-state index in [0.717, 1.165) is 5.56 Å². The van der Waals surface area contributed by atoms with E-state index in [2.05, 4.69) is 5.32 Å². The molecule has 0 aliphatic carbocycles. The lowest BCUT2D eigenvalue weighted by Gasteiger charge is -2.34. The largest absolute Gasteiger partial charge is 0.345 e. The van der Waals surface area contributed by atoms with Crippen LogP contribution in [0, 0.1) is 0 Å². The van der Waals surface area contributed by atoms with Crippen molar-refractivity contribution in [1.29, 1.82) is 0 Å². The summed E-state index contributed by atoms with van der Waals surface area (Å²) in [5.74, 6) is -0.366. The van der Waals surface area contributed by atoms with Crippen LogP contribution in [-0.2, 0) is 14.8 Å². The summed E-state index contributed by atoms with van der Waals surface area (Å²) in [6, 6.07) is 21.1. The molecule has 0 bridgehead atoms. The van der Waals surface area contributed by atoms with Crippen LogP contribution in [-0.4, -0.2) is 55.6 Å². The van der Waals surface area contributed by atoms with Crippen molar-refractivity contribution in [3.8, 4) is 0 Å². The number of nitrogens with one attached hydrogen (secondary N) is 1. The molecule has 0 saturated carbocycles. The zero-order valence-electron chi connectivity index (χ0n) is 18.0. The summed E-state index contributed by atoms with van der Waals surface area (Å²) >= 11 is 1.19. The Morgan fingerprint density at radius 2 is 1.52 bits per heavy atom. The molecule has 33 heavy (non-hydrogen) atoms. The average Bonchev–Trinajstić information content (AvgIpc) is 3.41. The average molecular weight is 484 g/mol. The van der Waals surface area contributed by atoms with Crippen LogP contribution in [0.3, 0.4) is 0 Å². The number of hydrogen-bond donors (Lipinski definition) is 1. The van der Waals surface area contributed by atoms with Gasteiger partial charge in [0.2, 0.25) is 5.91 Å². The fourth-order valence-corrected chi connectivity index (χ4v) is 6.35. The Bertz CT molecular complexity index is 1170. The van der Waals surface area contributed by atoms with Gasteiger partial charge in [0, 0.05) is 31.7 Å². The highest BCUT2D eigenvalue weighted by Gasteiger charge is 2.31. The number of rotatable bonds is 7. The van der Waals surface area contributed by atoms with Crippen LogP contribution in [0.25, 0.3) is 0 Å². The van der Waals surface area contributed by atoms with Crippen LogP contribution < -0.4 is 5.32 Å². The third-order valence-electron chi connectivity index (χ3n) is 5.60. The van der Waals surface area contributed by atoms with Crippen LogP contribution in [0.2, 0.25) is 0 Å². The summed E-state index contributed by atoms with van der Waals surface area (Å²) in [7, 11) is -3.52. The minimum absolute atomic E-state index is 0.0975. The van der Waals surface area contributed by atoms with Gasteiger partial charge in [0.05, 0.1) is 12.5 Å². The number of carbonyl (C=O) groups excluding carboxylic acids is 2. The monoisotopic (exact) mass is 483 g/mol. The van der Waals surface area contributed by atoms with Crippen molar-refractivity contribution in [2.75, 3.05) is 26.2 Å². The minimum Gasteiger partial charge on any atom is -0.345 e. The summed E-state index contributed by atoms with van der Waals surface area (Å²) in [6.07, 6.45) is 0.0975. The molecule has 0 radical (unpaired) electrons. The van der Waals surface area contributed by atoms with E-state index >= 15 is 0 Å². The highest BCUT2D eigenvalue weighted by Crippen LogP contribution is 2.23. The Hall–Kier alpha value is -3.01. The first-order valence-corrected chi connectivity index (χ1v) is 13.0. The summed E-state index contributed by atoms with van der Waals surface area (Å²) in [5.41, 5.74) is 1.37. The molecule has 1 aliphatic rings. The third kappa shape index (κ3) is 5.50. The molecule has 1 unspecified atom stereocenters. The van der Waals surface area contributed by atoms with Gasteiger partial charge >= 0.3 is 0 Å². The summed E-state index contributed by atoms with van der Waals surface area (Å²) in [6.45, 7) is 1.13. The van der Waals surface area contributed by atoms with Gasteiger partial charge in [-0.1, -0.05) is 54.6 Å². The van der Waals surface area contributed by atoms with Gasteiger partial charge in [-0.2, -0.15) is 4.31 Å². The number of piperazine rings is 1. The van der Waals surface area contributed by atoms with Crippen molar-refractivity contribution >= 4 is 33.2 Å². The lowest BCUT2D eigenvalue weighted by atomic mass is 10.0. The first kappa shape index (κ1) is 23.2. The van der Waals surface area contributed by atoms with E-state index < -0.39 is 16.1 Å². The van der Waals surface area contributed by atoms with Crippen LogP contribution in [0.1, 0.15) is 28.4 Å². The normalized spacial score (nSPS) is 15.7. The zero-order valence-corrected chi connectivity index (χ0v) is 19.6. The standard InChI is InChI=1S/C24H25N3O4S2/c28-22(26-13-15-27(16-14-26)33(30,31)23-12-7-17-32-23)18-21(19-8-3-1-4-9-19)25-24(29)20-10-5-2-6-11-20/h1-12,17,21H,13-16,18H2,(H,25,29). The molecule has 1 fully saturated rings. The number of nitrogens with zero attached hydrogens (tertiary/aromatic N) is 2. The lowest BCUT2D eigenvalue weighted by molar-refractivity contribution is -0.132. The van der Waals surface area contributed by atoms with Gasteiger partial charge in [0.1, 0.15) is 4.21 Å².